The van der Waals surface area contributed by atoms with E-state index in [1.165, 1.54) is 6.42 Å². The third kappa shape index (κ3) is 2.49. The van der Waals surface area contributed by atoms with E-state index in [4.69, 9.17) is 15.2 Å². The van der Waals surface area contributed by atoms with Crippen molar-refractivity contribution in [2.75, 3.05) is 13.2 Å². The summed E-state index contributed by atoms with van der Waals surface area (Å²) < 4.78 is 10.6. The molecule has 2 rings (SSSR count). The zero-order valence-electron chi connectivity index (χ0n) is 9.04. The van der Waals surface area contributed by atoms with Gasteiger partial charge in [0.1, 0.15) is 11.6 Å². The van der Waals surface area contributed by atoms with Crippen LogP contribution in [0.15, 0.2) is 0 Å². The minimum absolute atomic E-state index is 0.0901. The number of rotatable bonds is 2. The molecule has 4 heteroatoms. The van der Waals surface area contributed by atoms with Crippen LogP contribution < -0.4 is 5.73 Å². The van der Waals surface area contributed by atoms with Gasteiger partial charge in [0.25, 0.3) is 0 Å². The standard InChI is InChI=1S/C11H19NO3/c12-11(6-7-14-8-11)10(13)15-9-4-2-1-3-5-9/h9H,1-8,12H2. The number of hydrogen-bond acceptors (Lipinski definition) is 4. The summed E-state index contributed by atoms with van der Waals surface area (Å²) in [6.07, 6.45) is 6.22. The first-order valence-corrected chi connectivity index (χ1v) is 5.78. The van der Waals surface area contributed by atoms with Gasteiger partial charge in [0.2, 0.25) is 0 Å². The Morgan fingerprint density at radius 3 is 2.67 bits per heavy atom. The minimum atomic E-state index is -0.878. The normalized spacial score (nSPS) is 32.9. The highest BCUT2D eigenvalue weighted by Gasteiger charge is 2.40. The quantitative estimate of drug-likeness (QED) is 0.695. The van der Waals surface area contributed by atoms with Gasteiger partial charge in [-0.25, -0.2) is 4.79 Å². The van der Waals surface area contributed by atoms with Crippen molar-refractivity contribution in [3.05, 3.63) is 0 Å². The number of ether oxygens (including phenoxy) is 2. The molecule has 1 heterocycles. The molecule has 0 radical (unpaired) electrons. The predicted octanol–water partition coefficient (Wildman–Crippen LogP) is 0.980. The molecular formula is C11H19NO3. The zero-order valence-corrected chi connectivity index (χ0v) is 9.04. The molecule has 1 atom stereocenters. The van der Waals surface area contributed by atoms with E-state index in [-0.39, 0.29) is 12.1 Å². The maximum absolute atomic E-state index is 11.8. The van der Waals surface area contributed by atoms with Gasteiger partial charge in [-0.05, 0) is 25.7 Å². The van der Waals surface area contributed by atoms with Gasteiger partial charge < -0.3 is 15.2 Å². The number of carbonyl (C=O) groups is 1. The molecule has 2 aliphatic rings. The Balaban J connectivity index is 1.85. The van der Waals surface area contributed by atoms with Gasteiger partial charge in [0.05, 0.1) is 6.61 Å². The topological polar surface area (TPSA) is 61.6 Å². The van der Waals surface area contributed by atoms with Gasteiger partial charge >= 0.3 is 5.97 Å². The smallest absolute Gasteiger partial charge is 0.328 e. The van der Waals surface area contributed by atoms with E-state index in [2.05, 4.69) is 0 Å². The molecule has 0 aromatic carbocycles. The van der Waals surface area contributed by atoms with Crippen LogP contribution in [-0.4, -0.2) is 30.8 Å². The summed E-state index contributed by atoms with van der Waals surface area (Å²) in [6, 6.07) is 0. The molecule has 1 aliphatic heterocycles. The van der Waals surface area contributed by atoms with E-state index in [9.17, 15) is 4.79 Å². The van der Waals surface area contributed by atoms with Crippen molar-refractivity contribution in [1.29, 1.82) is 0 Å². The van der Waals surface area contributed by atoms with Crippen molar-refractivity contribution >= 4 is 5.97 Å². The van der Waals surface area contributed by atoms with E-state index in [1.807, 2.05) is 0 Å². The van der Waals surface area contributed by atoms with Crippen LogP contribution in [0.4, 0.5) is 0 Å². The zero-order chi connectivity index (χ0) is 10.7. The third-order valence-electron chi connectivity index (χ3n) is 3.28. The second-order valence-corrected chi connectivity index (χ2v) is 4.62. The molecule has 0 amide bonds. The molecule has 1 saturated heterocycles. The second kappa shape index (κ2) is 4.49. The lowest BCUT2D eigenvalue weighted by atomic mass is 9.96. The second-order valence-electron chi connectivity index (χ2n) is 4.62. The fourth-order valence-corrected chi connectivity index (χ4v) is 2.19. The summed E-state index contributed by atoms with van der Waals surface area (Å²) in [4.78, 5) is 11.8. The summed E-state index contributed by atoms with van der Waals surface area (Å²) in [5, 5.41) is 0. The van der Waals surface area contributed by atoms with Crippen molar-refractivity contribution < 1.29 is 14.3 Å². The van der Waals surface area contributed by atoms with Crippen LogP contribution in [-0.2, 0) is 14.3 Å². The summed E-state index contributed by atoms with van der Waals surface area (Å²) in [5.74, 6) is -0.271. The molecule has 0 aromatic rings. The minimum Gasteiger partial charge on any atom is -0.461 e. The van der Waals surface area contributed by atoms with Gasteiger partial charge in [0, 0.05) is 13.0 Å². The van der Waals surface area contributed by atoms with Gasteiger partial charge in [-0.15, -0.1) is 0 Å². The summed E-state index contributed by atoms with van der Waals surface area (Å²) >= 11 is 0. The molecule has 2 fully saturated rings. The molecule has 1 saturated carbocycles. The van der Waals surface area contributed by atoms with Crippen LogP contribution in [0.5, 0.6) is 0 Å². The molecule has 4 nitrogen and oxygen atoms in total. The molecule has 15 heavy (non-hydrogen) atoms. The van der Waals surface area contributed by atoms with Crippen LogP contribution in [0.2, 0.25) is 0 Å². The van der Waals surface area contributed by atoms with Crippen LogP contribution in [0.3, 0.4) is 0 Å². The average molecular weight is 213 g/mol. The lowest BCUT2D eigenvalue weighted by molar-refractivity contribution is -0.157. The lowest BCUT2D eigenvalue weighted by Crippen LogP contribution is -2.50. The Labute approximate surface area is 90.1 Å². The molecule has 0 aromatic heterocycles. The Bertz CT molecular complexity index is 230. The van der Waals surface area contributed by atoms with Crippen LogP contribution in [0, 0.1) is 0 Å². The Morgan fingerprint density at radius 1 is 1.33 bits per heavy atom. The molecular weight excluding hydrogens is 194 g/mol. The van der Waals surface area contributed by atoms with Crippen molar-refractivity contribution in [1.82, 2.24) is 0 Å². The van der Waals surface area contributed by atoms with E-state index >= 15 is 0 Å². The Kier molecular flexibility index (Phi) is 3.26. The molecule has 86 valence electrons. The van der Waals surface area contributed by atoms with E-state index in [1.54, 1.807) is 0 Å². The summed E-state index contributed by atoms with van der Waals surface area (Å²) in [7, 11) is 0. The Hall–Kier alpha value is -0.610. The largest absolute Gasteiger partial charge is 0.461 e. The van der Waals surface area contributed by atoms with Crippen molar-refractivity contribution in [2.24, 2.45) is 5.73 Å². The van der Waals surface area contributed by atoms with E-state index < -0.39 is 5.54 Å². The van der Waals surface area contributed by atoms with Crippen LogP contribution >= 0.6 is 0 Å². The maximum atomic E-state index is 11.8. The molecule has 0 bridgehead atoms. The first-order chi connectivity index (χ1) is 7.21. The Morgan fingerprint density at radius 2 is 2.07 bits per heavy atom. The number of hydrogen-bond donors (Lipinski definition) is 1. The first kappa shape index (κ1) is 10.9. The van der Waals surface area contributed by atoms with Crippen LogP contribution in [0.25, 0.3) is 0 Å². The highest BCUT2D eigenvalue weighted by atomic mass is 16.6. The fourth-order valence-electron chi connectivity index (χ4n) is 2.19. The highest BCUT2D eigenvalue weighted by Crippen LogP contribution is 2.24. The van der Waals surface area contributed by atoms with E-state index in [0.717, 1.165) is 25.7 Å². The predicted molar refractivity (Wildman–Crippen MR) is 55.3 cm³/mol. The first-order valence-electron chi connectivity index (χ1n) is 5.78. The van der Waals surface area contributed by atoms with Crippen molar-refractivity contribution in [3.63, 3.8) is 0 Å². The van der Waals surface area contributed by atoms with Crippen molar-refractivity contribution in [2.45, 2.75) is 50.2 Å². The van der Waals surface area contributed by atoms with Gasteiger partial charge in [-0.3, -0.25) is 0 Å². The monoisotopic (exact) mass is 213 g/mol. The van der Waals surface area contributed by atoms with Gasteiger partial charge in [-0.2, -0.15) is 0 Å². The molecule has 1 aliphatic carbocycles. The molecule has 2 N–H and O–H groups in total. The SMILES string of the molecule is NC1(C(=O)OC2CCCCC2)CCOC1. The average Bonchev–Trinajstić information content (AvgIpc) is 2.68. The maximum Gasteiger partial charge on any atom is 0.328 e. The lowest BCUT2D eigenvalue weighted by Gasteiger charge is -2.26. The number of carbonyl (C=O) groups excluding carboxylic acids is 1. The molecule has 0 spiro atoms. The number of nitrogens with two attached hydrogens (primary N) is 1. The fraction of sp³-hybridized carbons (Fsp3) is 0.909. The van der Waals surface area contributed by atoms with Crippen molar-refractivity contribution in [3.8, 4) is 0 Å². The van der Waals surface area contributed by atoms with Gasteiger partial charge in [-0.1, -0.05) is 6.42 Å². The third-order valence-corrected chi connectivity index (χ3v) is 3.28. The molecule has 1 unspecified atom stereocenters. The highest BCUT2D eigenvalue weighted by molar-refractivity contribution is 5.81. The van der Waals surface area contributed by atoms with E-state index in [0.29, 0.717) is 19.6 Å². The van der Waals surface area contributed by atoms with Crippen LogP contribution in [0.1, 0.15) is 38.5 Å². The van der Waals surface area contributed by atoms with Gasteiger partial charge in [0.15, 0.2) is 0 Å². The summed E-state index contributed by atoms with van der Waals surface area (Å²) in [5.41, 5.74) is 5.04. The number of esters is 1. The summed E-state index contributed by atoms with van der Waals surface area (Å²) in [6.45, 7) is 0.870.